The molecule has 1 heterocycles. The van der Waals surface area contributed by atoms with Crippen molar-refractivity contribution in [3.63, 3.8) is 0 Å². The van der Waals surface area contributed by atoms with Crippen LogP contribution in [0.3, 0.4) is 0 Å². The van der Waals surface area contributed by atoms with Crippen LogP contribution in [0.1, 0.15) is 84.0 Å². The molecule has 0 bridgehead atoms. The molecule has 2 nitrogen and oxygen atoms in total. The Bertz CT molecular complexity index is 225. The first-order valence-corrected chi connectivity index (χ1v) is 9.98. The van der Waals surface area contributed by atoms with Crippen molar-refractivity contribution in [3.05, 3.63) is 0 Å². The van der Waals surface area contributed by atoms with Crippen molar-refractivity contribution in [2.75, 3.05) is 6.61 Å². The van der Waals surface area contributed by atoms with E-state index in [0.717, 1.165) is 25.9 Å². The SMILES string of the molecule is CCCCCCCCCCC(=O)[SiH2]C1CCCCO1. The Labute approximate surface area is 121 Å². The highest BCUT2D eigenvalue weighted by Gasteiger charge is 2.17. The van der Waals surface area contributed by atoms with E-state index in [1.807, 2.05) is 0 Å². The van der Waals surface area contributed by atoms with E-state index in [1.165, 1.54) is 57.8 Å². The zero-order chi connectivity index (χ0) is 13.8. The summed E-state index contributed by atoms with van der Waals surface area (Å²) in [6, 6.07) is 0. The maximum atomic E-state index is 11.9. The van der Waals surface area contributed by atoms with Crippen LogP contribution in [0.5, 0.6) is 0 Å². The van der Waals surface area contributed by atoms with Gasteiger partial charge in [0, 0.05) is 13.0 Å². The number of hydrogen-bond acceptors (Lipinski definition) is 2. The normalized spacial score (nSPS) is 20.2. The third-order valence-electron chi connectivity index (χ3n) is 4.04. The molecular formula is C16H32O2Si. The molecule has 1 rings (SSSR count). The molecule has 1 atom stereocenters. The van der Waals surface area contributed by atoms with Crippen molar-refractivity contribution in [1.82, 2.24) is 0 Å². The summed E-state index contributed by atoms with van der Waals surface area (Å²) in [7, 11) is -0.622. The summed E-state index contributed by atoms with van der Waals surface area (Å²) in [6.45, 7) is 3.15. The summed E-state index contributed by atoms with van der Waals surface area (Å²) in [5, 5.41) is 0.554. The summed E-state index contributed by atoms with van der Waals surface area (Å²) >= 11 is 0. The first-order valence-electron chi connectivity index (χ1n) is 8.46. The minimum atomic E-state index is -0.622. The van der Waals surface area contributed by atoms with Crippen molar-refractivity contribution < 1.29 is 9.53 Å². The summed E-state index contributed by atoms with van der Waals surface area (Å²) in [6.07, 6.45) is 15.0. The van der Waals surface area contributed by atoms with Crippen LogP contribution in [0.25, 0.3) is 0 Å². The lowest BCUT2D eigenvalue weighted by molar-refractivity contribution is -0.112. The molecule has 0 aromatic rings. The Morgan fingerprint density at radius 3 is 2.37 bits per heavy atom. The van der Waals surface area contributed by atoms with Crippen LogP contribution in [-0.2, 0) is 9.53 Å². The number of unbranched alkanes of at least 4 members (excludes halogenated alkanes) is 7. The van der Waals surface area contributed by atoms with Crippen LogP contribution in [0.15, 0.2) is 0 Å². The molecule has 1 unspecified atom stereocenters. The topological polar surface area (TPSA) is 26.3 Å². The highest BCUT2D eigenvalue weighted by Crippen LogP contribution is 2.13. The van der Waals surface area contributed by atoms with Crippen molar-refractivity contribution in [2.24, 2.45) is 0 Å². The Balaban J connectivity index is 1.87. The Hall–Kier alpha value is -0.153. The molecule has 0 amide bonds. The Morgan fingerprint density at radius 1 is 1.05 bits per heavy atom. The van der Waals surface area contributed by atoms with E-state index in [0.29, 0.717) is 11.1 Å². The van der Waals surface area contributed by atoms with Gasteiger partial charge in [0.25, 0.3) is 0 Å². The largest absolute Gasteiger partial charge is 0.382 e. The van der Waals surface area contributed by atoms with Gasteiger partial charge in [-0.25, -0.2) is 0 Å². The van der Waals surface area contributed by atoms with E-state index >= 15 is 0 Å². The molecule has 0 radical (unpaired) electrons. The van der Waals surface area contributed by atoms with Crippen molar-refractivity contribution in [3.8, 4) is 0 Å². The quantitative estimate of drug-likeness (QED) is 0.427. The van der Waals surface area contributed by atoms with E-state index in [1.54, 1.807) is 0 Å². The maximum absolute atomic E-state index is 11.9. The van der Waals surface area contributed by atoms with Crippen molar-refractivity contribution in [1.29, 1.82) is 0 Å². The van der Waals surface area contributed by atoms with Gasteiger partial charge in [-0.3, -0.25) is 0 Å². The van der Waals surface area contributed by atoms with Gasteiger partial charge in [0.05, 0.1) is 5.73 Å². The van der Waals surface area contributed by atoms with Crippen LogP contribution in [-0.4, -0.2) is 27.3 Å². The summed E-state index contributed by atoms with van der Waals surface area (Å²) in [5.41, 5.74) is 0.371. The molecule has 0 aromatic carbocycles. The number of ether oxygens (including phenoxy) is 1. The molecule has 0 N–H and O–H groups in total. The smallest absolute Gasteiger partial charge is 0.134 e. The molecule has 3 heteroatoms. The summed E-state index contributed by atoms with van der Waals surface area (Å²) < 4.78 is 5.67. The van der Waals surface area contributed by atoms with Gasteiger partial charge in [-0.1, -0.05) is 51.9 Å². The zero-order valence-electron chi connectivity index (χ0n) is 12.8. The van der Waals surface area contributed by atoms with Gasteiger partial charge in [0.2, 0.25) is 0 Å². The van der Waals surface area contributed by atoms with E-state index < -0.39 is 9.52 Å². The fourth-order valence-electron chi connectivity index (χ4n) is 2.78. The van der Waals surface area contributed by atoms with Crippen molar-refractivity contribution >= 4 is 14.9 Å². The minimum absolute atomic E-state index is 0.371. The van der Waals surface area contributed by atoms with Crippen LogP contribution < -0.4 is 0 Å². The fourth-order valence-corrected chi connectivity index (χ4v) is 4.52. The Morgan fingerprint density at radius 2 is 1.74 bits per heavy atom. The predicted octanol–water partition coefficient (Wildman–Crippen LogP) is 3.74. The van der Waals surface area contributed by atoms with E-state index in [9.17, 15) is 4.79 Å². The van der Waals surface area contributed by atoms with Gasteiger partial charge < -0.3 is 9.53 Å². The predicted molar refractivity (Wildman–Crippen MR) is 84.4 cm³/mol. The maximum Gasteiger partial charge on any atom is 0.134 e. The lowest BCUT2D eigenvalue weighted by atomic mass is 10.1. The van der Waals surface area contributed by atoms with Gasteiger partial charge in [0.15, 0.2) is 0 Å². The first kappa shape index (κ1) is 16.9. The molecule has 1 saturated heterocycles. The zero-order valence-corrected chi connectivity index (χ0v) is 14.2. The third kappa shape index (κ3) is 9.39. The lowest BCUT2D eigenvalue weighted by Crippen LogP contribution is -2.30. The van der Waals surface area contributed by atoms with Gasteiger partial charge in [-0.15, -0.1) is 0 Å². The van der Waals surface area contributed by atoms with Gasteiger partial charge in [-0.2, -0.15) is 0 Å². The summed E-state index contributed by atoms with van der Waals surface area (Å²) in [4.78, 5) is 11.9. The number of hydrogen-bond donors (Lipinski definition) is 0. The average Bonchev–Trinajstić information content (AvgIpc) is 2.43. The van der Waals surface area contributed by atoms with Gasteiger partial charge >= 0.3 is 0 Å². The molecular weight excluding hydrogens is 252 g/mol. The molecule has 0 aromatic heterocycles. The van der Waals surface area contributed by atoms with Crippen LogP contribution >= 0.6 is 0 Å². The van der Waals surface area contributed by atoms with Crippen LogP contribution in [0, 0.1) is 0 Å². The number of carbonyl (C=O) groups excluding carboxylic acids is 1. The molecule has 1 aliphatic rings. The molecule has 112 valence electrons. The molecule has 1 aliphatic heterocycles. The average molecular weight is 285 g/mol. The van der Waals surface area contributed by atoms with Crippen LogP contribution in [0.4, 0.5) is 0 Å². The second-order valence-corrected chi connectivity index (χ2v) is 8.06. The van der Waals surface area contributed by atoms with Gasteiger partial charge in [0.1, 0.15) is 14.9 Å². The van der Waals surface area contributed by atoms with E-state index in [-0.39, 0.29) is 0 Å². The first-order chi connectivity index (χ1) is 9.33. The summed E-state index contributed by atoms with van der Waals surface area (Å²) in [5.74, 6) is 0. The minimum Gasteiger partial charge on any atom is -0.382 e. The van der Waals surface area contributed by atoms with Gasteiger partial charge in [-0.05, 0) is 25.7 Å². The second kappa shape index (κ2) is 11.7. The molecule has 0 spiro atoms. The number of carbonyl (C=O) groups is 1. The van der Waals surface area contributed by atoms with Crippen LogP contribution in [0.2, 0.25) is 0 Å². The Kier molecular flexibility index (Phi) is 10.4. The highest BCUT2D eigenvalue weighted by atomic mass is 28.2. The lowest BCUT2D eigenvalue weighted by Gasteiger charge is -2.21. The molecule has 0 aliphatic carbocycles. The third-order valence-corrected chi connectivity index (χ3v) is 5.95. The second-order valence-electron chi connectivity index (χ2n) is 5.96. The highest BCUT2D eigenvalue weighted by molar-refractivity contribution is 6.74. The standard InChI is InChI=1S/C16H32O2Si/c1-2-3-4-5-6-7-8-9-12-15(17)19-16-13-10-11-14-18-16/h16H,2-14,19H2,1H3. The van der Waals surface area contributed by atoms with E-state index in [2.05, 4.69) is 6.92 Å². The molecule has 1 fully saturated rings. The number of rotatable bonds is 11. The molecule has 19 heavy (non-hydrogen) atoms. The monoisotopic (exact) mass is 284 g/mol. The molecule has 0 saturated carbocycles. The fraction of sp³-hybridized carbons (Fsp3) is 0.938. The van der Waals surface area contributed by atoms with Crippen molar-refractivity contribution in [2.45, 2.75) is 89.7 Å². The van der Waals surface area contributed by atoms with E-state index in [4.69, 9.17) is 4.74 Å².